The summed E-state index contributed by atoms with van der Waals surface area (Å²) in [6.07, 6.45) is 5.16. The van der Waals surface area contributed by atoms with Crippen LogP contribution in [0.2, 0.25) is 5.02 Å². The summed E-state index contributed by atoms with van der Waals surface area (Å²) in [7, 11) is 0. The molecule has 0 aromatic carbocycles. The van der Waals surface area contributed by atoms with Gasteiger partial charge in [-0.2, -0.15) is 5.10 Å². The monoisotopic (exact) mass is 521 g/mol. The van der Waals surface area contributed by atoms with Crippen molar-refractivity contribution >= 4 is 23.3 Å². The van der Waals surface area contributed by atoms with Gasteiger partial charge in [0.1, 0.15) is 6.33 Å². The molecule has 4 heterocycles. The Kier molecular flexibility index (Phi) is 8.50. The van der Waals surface area contributed by atoms with E-state index in [-0.39, 0.29) is 24.9 Å². The van der Waals surface area contributed by atoms with Crippen LogP contribution in [0.3, 0.4) is 0 Å². The summed E-state index contributed by atoms with van der Waals surface area (Å²) in [5.74, 6) is 0.346. The highest BCUT2D eigenvalue weighted by atomic mass is 35.5. The van der Waals surface area contributed by atoms with Gasteiger partial charge in [0.2, 0.25) is 12.1 Å². The zero-order valence-corrected chi connectivity index (χ0v) is 21.1. The SMILES string of the molecule is CCN1C(=O)NC(CCC(F)F)CCCCCOc2nc(cn3ncnc23)-c2cc(ncc2Cl)C1C. The fourth-order valence-electron chi connectivity index (χ4n) is 4.37. The number of carbonyl (C=O) groups is 1. The number of carbonyl (C=O) groups excluding carboxylic acids is 1. The number of hydrogen-bond donors (Lipinski definition) is 1. The number of rotatable bonds is 4. The van der Waals surface area contributed by atoms with Crippen LogP contribution in [0.5, 0.6) is 5.88 Å². The maximum atomic E-state index is 13.2. The molecule has 3 aromatic heterocycles. The Morgan fingerprint density at radius 1 is 1.28 bits per heavy atom. The molecule has 2 unspecified atom stereocenters. The van der Waals surface area contributed by atoms with Gasteiger partial charge in [-0.1, -0.05) is 18.0 Å². The van der Waals surface area contributed by atoms with E-state index in [9.17, 15) is 13.6 Å². The molecule has 0 saturated carbocycles. The maximum Gasteiger partial charge on any atom is 0.318 e. The lowest BCUT2D eigenvalue weighted by Gasteiger charge is -2.30. The Morgan fingerprint density at radius 2 is 2.11 bits per heavy atom. The predicted molar refractivity (Wildman–Crippen MR) is 131 cm³/mol. The Morgan fingerprint density at radius 3 is 2.89 bits per heavy atom. The lowest BCUT2D eigenvalue weighted by molar-refractivity contribution is 0.127. The summed E-state index contributed by atoms with van der Waals surface area (Å²) in [5.41, 5.74) is 2.26. The Balaban J connectivity index is 1.71. The number of fused-ring (bicyclic) bond motifs is 7. The second-order valence-electron chi connectivity index (χ2n) is 8.82. The van der Waals surface area contributed by atoms with Crippen LogP contribution in [0.4, 0.5) is 13.6 Å². The fourth-order valence-corrected chi connectivity index (χ4v) is 4.57. The van der Waals surface area contributed by atoms with Crippen LogP contribution in [0, 0.1) is 0 Å². The van der Waals surface area contributed by atoms with Crippen molar-refractivity contribution in [3.8, 4) is 17.1 Å². The molecule has 36 heavy (non-hydrogen) atoms. The lowest BCUT2D eigenvalue weighted by Crippen LogP contribution is -2.46. The van der Waals surface area contributed by atoms with Crippen molar-refractivity contribution in [1.82, 2.24) is 34.8 Å². The number of amides is 2. The van der Waals surface area contributed by atoms with Crippen molar-refractivity contribution in [2.24, 2.45) is 0 Å². The number of alkyl halides is 2. The second-order valence-corrected chi connectivity index (χ2v) is 9.23. The van der Waals surface area contributed by atoms with E-state index in [1.807, 2.05) is 13.8 Å². The number of urea groups is 1. The van der Waals surface area contributed by atoms with E-state index in [0.717, 1.165) is 19.3 Å². The van der Waals surface area contributed by atoms with Crippen LogP contribution in [-0.4, -0.2) is 61.1 Å². The van der Waals surface area contributed by atoms with Gasteiger partial charge in [-0.3, -0.25) is 4.98 Å². The Bertz CT molecular complexity index is 1190. The Hall–Kier alpha value is -3.08. The summed E-state index contributed by atoms with van der Waals surface area (Å²) < 4.78 is 33.4. The van der Waals surface area contributed by atoms with Gasteiger partial charge in [-0.05, 0) is 45.6 Å². The summed E-state index contributed by atoms with van der Waals surface area (Å²) in [4.78, 5) is 28.2. The molecular weight excluding hydrogens is 492 g/mol. The Labute approximate surface area is 213 Å². The number of aromatic nitrogens is 5. The van der Waals surface area contributed by atoms with Gasteiger partial charge >= 0.3 is 6.03 Å². The van der Waals surface area contributed by atoms with Crippen molar-refractivity contribution < 1.29 is 18.3 Å². The van der Waals surface area contributed by atoms with Crippen LogP contribution in [0.1, 0.15) is 64.1 Å². The minimum Gasteiger partial charge on any atom is -0.475 e. The molecule has 0 spiro atoms. The van der Waals surface area contributed by atoms with E-state index in [1.54, 1.807) is 21.7 Å². The van der Waals surface area contributed by atoms with E-state index >= 15 is 0 Å². The van der Waals surface area contributed by atoms with Crippen molar-refractivity contribution in [2.75, 3.05) is 13.2 Å². The van der Waals surface area contributed by atoms with Crippen LogP contribution in [0.15, 0.2) is 24.8 Å². The highest BCUT2D eigenvalue weighted by Crippen LogP contribution is 2.32. The van der Waals surface area contributed by atoms with E-state index in [2.05, 4.69) is 25.4 Å². The van der Waals surface area contributed by atoms with Crippen molar-refractivity contribution in [1.29, 1.82) is 0 Å². The molecular formula is C24H30ClF2N7O2. The molecule has 0 aliphatic carbocycles. The van der Waals surface area contributed by atoms with Gasteiger partial charge in [-0.25, -0.2) is 28.1 Å². The molecule has 194 valence electrons. The first-order valence-electron chi connectivity index (χ1n) is 12.2. The summed E-state index contributed by atoms with van der Waals surface area (Å²) in [6.45, 7) is 4.56. The normalized spacial score (nSPS) is 19.7. The van der Waals surface area contributed by atoms with E-state index in [1.165, 1.54) is 12.5 Å². The first-order chi connectivity index (χ1) is 17.4. The molecule has 0 saturated heterocycles. The van der Waals surface area contributed by atoms with Gasteiger partial charge in [-0.15, -0.1) is 0 Å². The molecule has 12 heteroatoms. The summed E-state index contributed by atoms with van der Waals surface area (Å²) in [5, 5.41) is 7.60. The molecule has 0 radical (unpaired) electrons. The fraction of sp³-hybridized carbons (Fsp3) is 0.542. The first kappa shape index (κ1) is 26.0. The van der Waals surface area contributed by atoms with Crippen LogP contribution < -0.4 is 10.1 Å². The van der Waals surface area contributed by atoms with E-state index in [4.69, 9.17) is 16.3 Å². The highest BCUT2D eigenvalue weighted by Gasteiger charge is 2.25. The maximum absolute atomic E-state index is 13.2. The van der Waals surface area contributed by atoms with Gasteiger partial charge in [0.25, 0.3) is 5.88 Å². The third-order valence-electron chi connectivity index (χ3n) is 6.38. The van der Waals surface area contributed by atoms with Crippen molar-refractivity contribution in [3.05, 3.63) is 35.5 Å². The zero-order valence-electron chi connectivity index (χ0n) is 20.3. The molecule has 4 bridgehead atoms. The number of nitrogens with one attached hydrogen (secondary N) is 1. The summed E-state index contributed by atoms with van der Waals surface area (Å²) in [6, 6.07) is 0.748. The lowest BCUT2D eigenvalue weighted by atomic mass is 10.0. The number of nitrogens with zero attached hydrogens (tertiary/aromatic N) is 6. The molecule has 1 aliphatic heterocycles. The quantitative estimate of drug-likeness (QED) is 0.500. The van der Waals surface area contributed by atoms with Crippen LogP contribution >= 0.6 is 11.6 Å². The smallest absolute Gasteiger partial charge is 0.318 e. The number of halogens is 3. The van der Waals surface area contributed by atoms with Crippen molar-refractivity contribution in [3.63, 3.8) is 0 Å². The second kappa shape index (κ2) is 11.8. The predicted octanol–water partition coefficient (Wildman–Crippen LogP) is 5.30. The third kappa shape index (κ3) is 6.00. The topological polar surface area (TPSA) is 97.5 Å². The molecule has 4 rings (SSSR count). The van der Waals surface area contributed by atoms with Crippen LogP contribution in [-0.2, 0) is 0 Å². The van der Waals surface area contributed by atoms with Crippen molar-refractivity contribution in [2.45, 2.75) is 70.9 Å². The molecule has 2 amide bonds. The average molecular weight is 522 g/mol. The van der Waals surface area contributed by atoms with E-state index < -0.39 is 12.5 Å². The third-order valence-corrected chi connectivity index (χ3v) is 6.68. The number of pyridine rings is 1. The molecule has 2 atom stereocenters. The zero-order chi connectivity index (χ0) is 25.7. The van der Waals surface area contributed by atoms with E-state index in [0.29, 0.717) is 53.1 Å². The minimum absolute atomic E-state index is 0.218. The molecule has 1 aliphatic rings. The first-order valence-corrected chi connectivity index (χ1v) is 12.6. The minimum atomic E-state index is -2.41. The molecule has 1 N–H and O–H groups in total. The number of hydrogen-bond acceptors (Lipinski definition) is 6. The van der Waals surface area contributed by atoms with Gasteiger partial charge in [0.15, 0.2) is 0 Å². The molecule has 0 fully saturated rings. The standard InChI is InChI=1S/C24H30ClF2N7O2/c1-3-33-15(2)19-11-17(18(25)12-28-19)20-13-34-22(29-14-30-34)23(32-20)36-10-6-4-5-7-16(31-24(33)35)8-9-21(26)27/h11-16,21H,3-10H2,1-2H3,(H,31,35). The highest BCUT2D eigenvalue weighted by molar-refractivity contribution is 6.33. The largest absolute Gasteiger partial charge is 0.475 e. The molecule has 9 nitrogen and oxygen atoms in total. The van der Waals surface area contributed by atoms with Crippen LogP contribution in [0.25, 0.3) is 16.9 Å². The van der Waals surface area contributed by atoms with Gasteiger partial charge in [0, 0.05) is 30.8 Å². The average Bonchev–Trinajstić information content (AvgIpc) is 3.33. The van der Waals surface area contributed by atoms with Gasteiger partial charge < -0.3 is 15.0 Å². The number of ether oxygens (including phenoxy) is 1. The summed E-state index contributed by atoms with van der Waals surface area (Å²) >= 11 is 6.51. The molecule has 3 aromatic rings. The van der Waals surface area contributed by atoms with Gasteiger partial charge in [0.05, 0.1) is 35.3 Å².